The molecule has 0 fully saturated rings. The van der Waals surface area contributed by atoms with Crippen molar-refractivity contribution in [1.82, 2.24) is 0 Å². The van der Waals surface area contributed by atoms with Gasteiger partial charge in [-0.15, -0.1) is 0 Å². The van der Waals surface area contributed by atoms with Crippen molar-refractivity contribution in [1.29, 1.82) is 0 Å². The second-order valence-electron chi connectivity index (χ2n) is 2.10. The van der Waals surface area contributed by atoms with Crippen molar-refractivity contribution in [3.63, 3.8) is 0 Å². The van der Waals surface area contributed by atoms with Crippen LogP contribution < -0.4 is 5.73 Å². The van der Waals surface area contributed by atoms with E-state index in [-0.39, 0.29) is 58.0 Å². The van der Waals surface area contributed by atoms with Crippen LogP contribution in [0.1, 0.15) is 13.8 Å². The summed E-state index contributed by atoms with van der Waals surface area (Å²) in [5.41, 5.74) is 4.78. The van der Waals surface area contributed by atoms with Gasteiger partial charge in [-0.25, -0.2) is 4.79 Å². The molecule has 0 aliphatic carbocycles. The van der Waals surface area contributed by atoms with Gasteiger partial charge in [-0.05, 0) is 6.92 Å². The van der Waals surface area contributed by atoms with Crippen molar-refractivity contribution >= 4 is 63.3 Å². The Hall–Kier alpha value is 0.656. The first-order chi connectivity index (χ1) is 5.95. The third kappa shape index (κ3) is 18.4. The number of ether oxygens (including phenoxy) is 1. The summed E-state index contributed by atoms with van der Waals surface area (Å²) in [5.74, 6) is -1.62. The van der Waals surface area contributed by atoms with Crippen LogP contribution in [0.2, 0.25) is 0 Å². The molecule has 0 aromatic carbocycles. The fourth-order valence-corrected chi connectivity index (χ4v) is 0.227. The van der Waals surface area contributed by atoms with Crippen molar-refractivity contribution in [2.24, 2.45) is 5.73 Å². The number of esters is 2. The van der Waals surface area contributed by atoms with Crippen molar-refractivity contribution in [2.45, 2.75) is 20.0 Å². The number of carbonyl (C=O) groups excluding carboxylic acids is 2. The van der Waals surface area contributed by atoms with E-state index in [1.807, 2.05) is 0 Å². The van der Waals surface area contributed by atoms with Crippen molar-refractivity contribution in [2.75, 3.05) is 13.2 Å². The molecule has 0 bridgehead atoms. The normalized spacial score (nSPS) is 10.1. The number of hydrogen-bond acceptors (Lipinski definition) is 6. The Balaban J connectivity index is -0.000000209. The molecule has 0 aromatic heterocycles. The summed E-state index contributed by atoms with van der Waals surface area (Å²) in [5, 5.41) is 16.2. The van der Waals surface area contributed by atoms with Crippen molar-refractivity contribution in [3.05, 3.63) is 0 Å². The first-order valence-corrected chi connectivity index (χ1v) is 3.67. The third-order valence-corrected chi connectivity index (χ3v) is 0.715. The van der Waals surface area contributed by atoms with E-state index in [0.29, 0.717) is 6.54 Å². The van der Waals surface area contributed by atoms with E-state index in [0.717, 1.165) is 6.92 Å². The van der Waals surface area contributed by atoms with Gasteiger partial charge in [0.15, 0.2) is 0 Å². The van der Waals surface area contributed by atoms with Crippen molar-refractivity contribution < 1.29 is 24.5 Å². The maximum absolute atomic E-state index is 10.3. The molecule has 7 heteroatoms. The van der Waals surface area contributed by atoms with Crippen LogP contribution in [0.25, 0.3) is 0 Å². The zero-order valence-corrected chi connectivity index (χ0v) is 7.69. The zero-order valence-electron chi connectivity index (χ0n) is 7.69. The molecule has 0 heterocycles. The molecule has 0 saturated heterocycles. The summed E-state index contributed by atoms with van der Waals surface area (Å²) < 4.78 is 3.98. The van der Waals surface area contributed by atoms with Crippen LogP contribution in [0.15, 0.2) is 0 Å². The van der Waals surface area contributed by atoms with Gasteiger partial charge in [-0.1, -0.05) is 0 Å². The van der Waals surface area contributed by atoms with E-state index in [9.17, 15) is 9.59 Å². The van der Waals surface area contributed by atoms with E-state index in [2.05, 4.69) is 4.74 Å². The molecule has 0 aromatic rings. The molecule has 6 nitrogen and oxygen atoms in total. The van der Waals surface area contributed by atoms with Crippen LogP contribution in [-0.4, -0.2) is 92.8 Å². The molecule has 0 aliphatic rings. The number of rotatable bonds is 2. The molecule has 0 amide bonds. The Morgan fingerprint density at radius 3 is 1.93 bits per heavy atom. The molecule has 1 atom stereocenters. The monoisotopic (exact) mass is 233 g/mol. The standard InChI is InChI=1S/C5H8O4.C2H7NO.K.H/c1-3(6)5(8)9-4(2)7;3-1-2-4;;/h3,6H,1-2H3;4H,1-3H2;;. The van der Waals surface area contributed by atoms with Gasteiger partial charge in [-0.2, -0.15) is 0 Å². The number of aliphatic hydroxyl groups is 2. The number of nitrogens with two attached hydrogens (primary N) is 1. The van der Waals surface area contributed by atoms with Gasteiger partial charge in [-0.3, -0.25) is 4.79 Å². The second kappa shape index (κ2) is 13.7. The van der Waals surface area contributed by atoms with Gasteiger partial charge in [0.05, 0.1) is 6.61 Å². The van der Waals surface area contributed by atoms with Gasteiger partial charge in [0.25, 0.3) is 0 Å². The summed E-state index contributed by atoms with van der Waals surface area (Å²) in [7, 11) is 0. The predicted octanol–water partition coefficient (Wildman–Crippen LogP) is -2.25. The molecule has 1 unspecified atom stereocenters. The molecular weight excluding hydrogens is 217 g/mol. The molecule has 14 heavy (non-hydrogen) atoms. The molecular formula is C7H16KNO5. The van der Waals surface area contributed by atoms with Gasteiger partial charge < -0.3 is 20.7 Å². The summed E-state index contributed by atoms with van der Waals surface area (Å²) >= 11 is 0. The Morgan fingerprint density at radius 2 is 1.86 bits per heavy atom. The fourth-order valence-electron chi connectivity index (χ4n) is 0.227. The molecule has 0 rings (SSSR count). The van der Waals surface area contributed by atoms with E-state index in [1.165, 1.54) is 6.92 Å². The zero-order chi connectivity index (χ0) is 10.9. The summed E-state index contributed by atoms with van der Waals surface area (Å²) in [6.07, 6.45) is -1.23. The topological polar surface area (TPSA) is 110 Å². The van der Waals surface area contributed by atoms with Gasteiger partial charge in [0.1, 0.15) is 6.10 Å². The molecule has 0 aliphatic heterocycles. The van der Waals surface area contributed by atoms with Crippen LogP contribution in [-0.2, 0) is 14.3 Å². The van der Waals surface area contributed by atoms with E-state index < -0.39 is 18.0 Å². The minimum absolute atomic E-state index is 0. The quantitative estimate of drug-likeness (QED) is 0.282. The first-order valence-electron chi connectivity index (χ1n) is 3.67. The molecule has 4 N–H and O–H groups in total. The second-order valence-corrected chi connectivity index (χ2v) is 2.10. The third-order valence-electron chi connectivity index (χ3n) is 0.715. The van der Waals surface area contributed by atoms with Gasteiger partial charge >= 0.3 is 63.3 Å². The van der Waals surface area contributed by atoms with Crippen LogP contribution in [0.4, 0.5) is 0 Å². The molecule has 0 radical (unpaired) electrons. The summed E-state index contributed by atoms with van der Waals surface area (Å²) in [4.78, 5) is 20.3. The summed E-state index contributed by atoms with van der Waals surface area (Å²) in [6, 6.07) is 0. The SMILES string of the molecule is CC(=O)OC(=O)C(C)O.NCCO.[KH]. The number of carbonyl (C=O) groups is 2. The fraction of sp³-hybridized carbons (Fsp3) is 0.714. The molecule has 80 valence electrons. The summed E-state index contributed by atoms with van der Waals surface area (Å²) in [6.45, 7) is 2.80. The molecule has 0 spiro atoms. The van der Waals surface area contributed by atoms with Crippen LogP contribution in [0, 0.1) is 0 Å². The molecule has 0 saturated carbocycles. The van der Waals surface area contributed by atoms with Crippen LogP contribution >= 0.6 is 0 Å². The van der Waals surface area contributed by atoms with Crippen LogP contribution in [0.5, 0.6) is 0 Å². The van der Waals surface area contributed by atoms with Crippen LogP contribution in [0.3, 0.4) is 0 Å². The van der Waals surface area contributed by atoms with Gasteiger partial charge in [0.2, 0.25) is 0 Å². The average molecular weight is 233 g/mol. The van der Waals surface area contributed by atoms with E-state index in [1.54, 1.807) is 0 Å². The number of hydrogen-bond donors (Lipinski definition) is 3. The first kappa shape index (κ1) is 20.1. The predicted molar refractivity (Wildman–Crippen MR) is 51.7 cm³/mol. The minimum atomic E-state index is -1.23. The Kier molecular flexibility index (Phi) is 19.6. The van der Waals surface area contributed by atoms with E-state index >= 15 is 0 Å². The maximum atomic E-state index is 10.3. The number of aliphatic hydroxyl groups excluding tert-OH is 2. The average Bonchev–Trinajstić information content (AvgIpc) is 2.03. The van der Waals surface area contributed by atoms with E-state index in [4.69, 9.17) is 15.9 Å². The Morgan fingerprint density at radius 1 is 1.50 bits per heavy atom. The van der Waals surface area contributed by atoms with Gasteiger partial charge in [0, 0.05) is 13.5 Å². The Bertz CT molecular complexity index is 160. The van der Waals surface area contributed by atoms with Crippen molar-refractivity contribution in [3.8, 4) is 0 Å². The Labute approximate surface area is 125 Å².